The Morgan fingerprint density at radius 3 is 2.73 bits per heavy atom. The molecule has 0 radical (unpaired) electrons. The van der Waals surface area contributed by atoms with E-state index >= 15 is 0 Å². The van der Waals surface area contributed by atoms with Crippen LogP contribution < -0.4 is 16.4 Å². The molecule has 0 bridgehead atoms. The number of carbonyl (C=O) groups excluding carboxylic acids is 2. The van der Waals surface area contributed by atoms with E-state index in [2.05, 4.69) is 10.6 Å². The minimum Gasteiger partial charge on any atom is -0.451 e. The molecule has 4 rings (SSSR count). The molecule has 154 valence electrons. The van der Waals surface area contributed by atoms with Crippen LogP contribution in [-0.2, 0) is 12.8 Å². The van der Waals surface area contributed by atoms with E-state index in [1.807, 2.05) is 0 Å². The molecule has 0 saturated carbocycles. The lowest BCUT2D eigenvalue weighted by atomic mass is 10.1. The number of amides is 2. The maximum absolute atomic E-state index is 12.5. The molecule has 0 fully saturated rings. The Morgan fingerprint density at radius 2 is 1.97 bits per heavy atom. The number of nitrogens with two attached hydrogens (primary N) is 1. The lowest BCUT2D eigenvalue weighted by Crippen LogP contribution is -2.34. The van der Waals surface area contributed by atoms with E-state index in [9.17, 15) is 9.59 Å². The fourth-order valence-electron chi connectivity index (χ4n) is 3.34. The summed E-state index contributed by atoms with van der Waals surface area (Å²) in [7, 11) is 0. The third kappa shape index (κ3) is 4.09. The van der Waals surface area contributed by atoms with Crippen LogP contribution >= 0.6 is 46.8 Å². The second-order valence-corrected chi connectivity index (χ2v) is 8.98. The Kier molecular flexibility index (Phi) is 5.84. The Balaban J connectivity index is 1.48. The van der Waals surface area contributed by atoms with E-state index in [1.165, 1.54) is 17.4 Å². The smallest absolute Gasteiger partial charge is 0.293 e. The molecule has 0 saturated heterocycles. The lowest BCUT2D eigenvalue weighted by Gasteiger charge is -2.09. The Labute approximate surface area is 191 Å². The molecule has 30 heavy (non-hydrogen) atoms. The molecule has 2 amide bonds. The molecule has 6 nitrogen and oxygen atoms in total. The molecule has 10 heteroatoms. The summed E-state index contributed by atoms with van der Waals surface area (Å²) < 4.78 is 5.62. The van der Waals surface area contributed by atoms with Crippen molar-refractivity contribution in [2.45, 2.75) is 19.3 Å². The SMILES string of the molecule is NC(=O)c1c(NC(=S)NC(=O)c2ccc(-c3cc(Cl)ccc3Cl)o2)sc2c1CCC2. The first kappa shape index (κ1) is 20.9. The highest BCUT2D eigenvalue weighted by atomic mass is 35.5. The molecule has 1 aliphatic rings. The molecule has 2 heterocycles. The van der Waals surface area contributed by atoms with Gasteiger partial charge in [0.25, 0.3) is 11.8 Å². The third-order valence-electron chi connectivity index (χ3n) is 4.65. The summed E-state index contributed by atoms with van der Waals surface area (Å²) in [5.74, 6) is -0.604. The van der Waals surface area contributed by atoms with Gasteiger partial charge in [-0.2, -0.15) is 0 Å². The number of anilines is 1. The highest BCUT2D eigenvalue weighted by Crippen LogP contribution is 2.38. The molecule has 1 aliphatic carbocycles. The number of thiocarbonyl (C=S) groups is 1. The van der Waals surface area contributed by atoms with E-state index in [4.69, 9.17) is 45.6 Å². The fraction of sp³-hybridized carbons (Fsp3) is 0.150. The first-order valence-corrected chi connectivity index (χ1v) is 10.9. The van der Waals surface area contributed by atoms with Gasteiger partial charge in [-0.3, -0.25) is 14.9 Å². The van der Waals surface area contributed by atoms with Gasteiger partial charge >= 0.3 is 0 Å². The number of benzene rings is 1. The predicted molar refractivity (Wildman–Crippen MR) is 123 cm³/mol. The van der Waals surface area contributed by atoms with Gasteiger partial charge in [-0.15, -0.1) is 11.3 Å². The number of primary amides is 1. The van der Waals surface area contributed by atoms with Crippen molar-refractivity contribution >= 4 is 68.7 Å². The molecule has 4 N–H and O–H groups in total. The number of furan rings is 1. The van der Waals surface area contributed by atoms with Crippen molar-refractivity contribution in [3.8, 4) is 11.3 Å². The highest BCUT2D eigenvalue weighted by Gasteiger charge is 2.26. The number of halogens is 2. The van der Waals surface area contributed by atoms with Gasteiger partial charge in [-0.25, -0.2) is 0 Å². The van der Waals surface area contributed by atoms with Gasteiger partial charge in [-0.1, -0.05) is 23.2 Å². The zero-order valence-corrected chi connectivity index (χ0v) is 18.5. The van der Waals surface area contributed by atoms with Crippen LogP contribution in [0.1, 0.15) is 37.8 Å². The van der Waals surface area contributed by atoms with E-state index in [1.54, 1.807) is 24.3 Å². The van der Waals surface area contributed by atoms with Crippen LogP contribution in [0.5, 0.6) is 0 Å². The number of thiophene rings is 1. The molecule has 1 aromatic carbocycles. The second kappa shape index (κ2) is 8.39. The van der Waals surface area contributed by atoms with Crippen molar-refractivity contribution in [2.24, 2.45) is 5.73 Å². The van der Waals surface area contributed by atoms with Crippen LogP contribution in [0.15, 0.2) is 34.7 Å². The van der Waals surface area contributed by atoms with Crippen molar-refractivity contribution in [2.75, 3.05) is 5.32 Å². The first-order chi connectivity index (χ1) is 14.3. The number of aryl methyl sites for hydroxylation is 1. The Bertz CT molecular complexity index is 1190. The maximum Gasteiger partial charge on any atom is 0.293 e. The van der Waals surface area contributed by atoms with Crippen molar-refractivity contribution in [1.82, 2.24) is 5.32 Å². The number of fused-ring (bicyclic) bond motifs is 1. The van der Waals surface area contributed by atoms with Gasteiger partial charge in [-0.05, 0) is 67.4 Å². The molecular weight excluding hydrogens is 465 g/mol. The van der Waals surface area contributed by atoms with Crippen molar-refractivity contribution < 1.29 is 14.0 Å². The zero-order chi connectivity index (χ0) is 21.4. The topological polar surface area (TPSA) is 97.4 Å². The quantitative estimate of drug-likeness (QED) is 0.455. The Hall–Kier alpha value is -2.39. The minimum atomic E-state index is -0.540. The summed E-state index contributed by atoms with van der Waals surface area (Å²) in [6.45, 7) is 0. The molecule has 2 aromatic heterocycles. The van der Waals surface area contributed by atoms with E-state index in [-0.39, 0.29) is 10.9 Å². The highest BCUT2D eigenvalue weighted by molar-refractivity contribution is 7.80. The summed E-state index contributed by atoms with van der Waals surface area (Å²) in [5, 5.41) is 6.99. The molecule has 0 unspecified atom stereocenters. The van der Waals surface area contributed by atoms with Gasteiger partial charge in [0.05, 0.1) is 10.6 Å². The number of rotatable bonds is 4. The van der Waals surface area contributed by atoms with Gasteiger partial charge in [0.2, 0.25) is 0 Å². The van der Waals surface area contributed by atoms with Crippen LogP contribution in [0, 0.1) is 0 Å². The Morgan fingerprint density at radius 1 is 1.17 bits per heavy atom. The van der Waals surface area contributed by atoms with E-state index in [0.717, 1.165) is 29.7 Å². The van der Waals surface area contributed by atoms with E-state index in [0.29, 0.717) is 31.9 Å². The van der Waals surface area contributed by atoms with Crippen LogP contribution in [0.25, 0.3) is 11.3 Å². The summed E-state index contributed by atoms with van der Waals surface area (Å²) in [6.07, 6.45) is 2.72. The summed E-state index contributed by atoms with van der Waals surface area (Å²) in [6, 6.07) is 8.10. The average Bonchev–Trinajstić information content (AvgIpc) is 3.38. The van der Waals surface area contributed by atoms with Crippen molar-refractivity contribution in [3.63, 3.8) is 0 Å². The normalized spacial score (nSPS) is 12.5. The van der Waals surface area contributed by atoms with Crippen molar-refractivity contribution in [1.29, 1.82) is 0 Å². The molecule has 0 spiro atoms. The minimum absolute atomic E-state index is 0.0427. The average molecular weight is 480 g/mol. The van der Waals surface area contributed by atoms with Gasteiger partial charge in [0, 0.05) is 15.5 Å². The number of hydrogen-bond donors (Lipinski definition) is 3. The summed E-state index contributed by atoms with van der Waals surface area (Å²) in [5.41, 5.74) is 7.53. The number of carbonyl (C=O) groups is 2. The van der Waals surface area contributed by atoms with Gasteiger partial charge in [0.1, 0.15) is 10.8 Å². The van der Waals surface area contributed by atoms with E-state index < -0.39 is 11.8 Å². The maximum atomic E-state index is 12.5. The third-order valence-corrected chi connectivity index (χ3v) is 6.62. The van der Waals surface area contributed by atoms with Crippen LogP contribution in [-0.4, -0.2) is 16.9 Å². The largest absolute Gasteiger partial charge is 0.451 e. The van der Waals surface area contributed by atoms with Crippen molar-refractivity contribution in [3.05, 3.63) is 62.1 Å². The lowest BCUT2D eigenvalue weighted by molar-refractivity contribution is 0.0950. The number of hydrogen-bond acceptors (Lipinski definition) is 5. The standard InChI is InChI=1S/C20H15Cl2N3O3S2/c21-9-4-5-12(22)11(8-9)13-6-7-14(28-13)18(27)24-20(29)25-19-16(17(23)26)10-2-1-3-15(10)30-19/h4-8H,1-3H2,(H2,23,26)(H2,24,25,27,29). The van der Waals surface area contributed by atoms with Crippen LogP contribution in [0.3, 0.4) is 0 Å². The molecule has 0 aliphatic heterocycles. The predicted octanol–water partition coefficient (Wildman–Crippen LogP) is 5.03. The van der Waals surface area contributed by atoms with Crippen LogP contribution in [0.4, 0.5) is 5.00 Å². The van der Waals surface area contributed by atoms with Gasteiger partial charge in [0.15, 0.2) is 10.9 Å². The fourth-order valence-corrected chi connectivity index (χ4v) is 5.28. The molecular formula is C20H15Cl2N3O3S2. The summed E-state index contributed by atoms with van der Waals surface area (Å²) >= 11 is 18.9. The zero-order valence-electron chi connectivity index (χ0n) is 15.4. The van der Waals surface area contributed by atoms with Crippen LogP contribution in [0.2, 0.25) is 10.0 Å². The molecule has 0 atom stereocenters. The summed E-state index contributed by atoms with van der Waals surface area (Å²) in [4.78, 5) is 25.5. The number of nitrogens with one attached hydrogen (secondary N) is 2. The van der Waals surface area contributed by atoms with Gasteiger partial charge < -0.3 is 15.5 Å². The monoisotopic (exact) mass is 479 g/mol. The molecule has 3 aromatic rings. The first-order valence-electron chi connectivity index (χ1n) is 8.95. The second-order valence-electron chi connectivity index (χ2n) is 6.62.